The van der Waals surface area contributed by atoms with Gasteiger partial charge < -0.3 is 5.32 Å². The van der Waals surface area contributed by atoms with Crippen LogP contribution >= 0.6 is 11.6 Å². The SMILES string of the molecule is Cc1ncn(-c2ccc(NC(=O)c3cnn(-c4cccc5ccncc45)c3C(F)(F)F)cc2Cl)n1. The molecule has 5 aromatic rings. The lowest BCUT2D eigenvalue weighted by molar-refractivity contribution is -0.143. The van der Waals surface area contributed by atoms with Crippen molar-refractivity contribution >= 4 is 34.0 Å². The number of alkyl halides is 3. The highest BCUT2D eigenvalue weighted by Gasteiger charge is 2.41. The van der Waals surface area contributed by atoms with E-state index in [1.54, 1.807) is 37.4 Å². The van der Waals surface area contributed by atoms with Crippen LogP contribution in [0.25, 0.3) is 22.1 Å². The van der Waals surface area contributed by atoms with Crippen LogP contribution in [0.1, 0.15) is 21.9 Å². The van der Waals surface area contributed by atoms with Crippen LogP contribution in [-0.4, -0.2) is 35.4 Å². The second-order valence-corrected chi connectivity index (χ2v) is 7.95. The molecule has 2 aromatic carbocycles. The second-order valence-electron chi connectivity index (χ2n) is 7.55. The molecule has 0 atom stereocenters. The Labute approximate surface area is 201 Å². The summed E-state index contributed by atoms with van der Waals surface area (Å²) >= 11 is 6.30. The highest BCUT2D eigenvalue weighted by Crippen LogP contribution is 2.35. The fraction of sp³-hybridized carbons (Fsp3) is 0.0870. The molecule has 0 radical (unpaired) electrons. The quantitative estimate of drug-likeness (QED) is 0.367. The molecule has 0 bridgehead atoms. The molecule has 35 heavy (non-hydrogen) atoms. The van der Waals surface area contributed by atoms with Crippen LogP contribution < -0.4 is 5.32 Å². The van der Waals surface area contributed by atoms with E-state index in [2.05, 4.69) is 25.5 Å². The Balaban J connectivity index is 1.51. The number of anilines is 1. The van der Waals surface area contributed by atoms with Gasteiger partial charge in [-0.05, 0) is 42.6 Å². The molecule has 0 unspecified atom stereocenters. The van der Waals surface area contributed by atoms with Gasteiger partial charge in [-0.2, -0.15) is 23.4 Å². The second kappa shape index (κ2) is 8.51. The van der Waals surface area contributed by atoms with Crippen molar-refractivity contribution in [2.75, 3.05) is 5.32 Å². The predicted octanol–water partition coefficient (Wildman–Crippen LogP) is 5.23. The fourth-order valence-electron chi connectivity index (χ4n) is 3.68. The molecule has 1 amide bonds. The van der Waals surface area contributed by atoms with E-state index in [0.29, 0.717) is 27.0 Å². The third-order valence-corrected chi connectivity index (χ3v) is 5.53. The number of carbonyl (C=O) groups is 1. The van der Waals surface area contributed by atoms with E-state index in [9.17, 15) is 18.0 Å². The normalized spacial score (nSPS) is 11.7. The van der Waals surface area contributed by atoms with Gasteiger partial charge in [-0.25, -0.2) is 14.3 Å². The van der Waals surface area contributed by atoms with E-state index in [4.69, 9.17) is 11.6 Å². The Kier molecular flexibility index (Phi) is 5.48. The van der Waals surface area contributed by atoms with E-state index in [-0.39, 0.29) is 16.4 Å². The summed E-state index contributed by atoms with van der Waals surface area (Å²) in [5.74, 6) is -0.445. The van der Waals surface area contributed by atoms with Gasteiger partial charge in [0.1, 0.15) is 12.2 Å². The predicted molar refractivity (Wildman–Crippen MR) is 123 cm³/mol. The summed E-state index contributed by atoms with van der Waals surface area (Å²) in [5, 5.41) is 11.9. The number of fused-ring (bicyclic) bond motifs is 1. The average molecular weight is 498 g/mol. The Morgan fingerprint density at radius 2 is 1.91 bits per heavy atom. The minimum Gasteiger partial charge on any atom is -0.322 e. The van der Waals surface area contributed by atoms with Gasteiger partial charge in [0.05, 0.1) is 28.2 Å². The highest BCUT2D eigenvalue weighted by molar-refractivity contribution is 6.32. The van der Waals surface area contributed by atoms with E-state index in [1.165, 1.54) is 35.4 Å². The monoisotopic (exact) mass is 497 g/mol. The van der Waals surface area contributed by atoms with Gasteiger partial charge in [0, 0.05) is 23.5 Å². The van der Waals surface area contributed by atoms with Crippen LogP contribution in [0.4, 0.5) is 18.9 Å². The van der Waals surface area contributed by atoms with Crippen molar-refractivity contribution in [1.82, 2.24) is 29.5 Å². The number of hydrogen-bond acceptors (Lipinski definition) is 5. The summed E-state index contributed by atoms with van der Waals surface area (Å²) in [6.45, 7) is 1.71. The van der Waals surface area contributed by atoms with Crippen LogP contribution in [0.3, 0.4) is 0 Å². The molecule has 1 N–H and O–H groups in total. The molecule has 0 aliphatic heterocycles. The Bertz CT molecular complexity index is 1570. The largest absolute Gasteiger partial charge is 0.434 e. The number of benzene rings is 2. The van der Waals surface area contributed by atoms with Gasteiger partial charge >= 0.3 is 6.18 Å². The van der Waals surface area contributed by atoms with E-state index in [0.717, 1.165) is 6.20 Å². The molecule has 176 valence electrons. The smallest absolute Gasteiger partial charge is 0.322 e. The minimum absolute atomic E-state index is 0.150. The summed E-state index contributed by atoms with van der Waals surface area (Å²) in [5.41, 5.74) is -0.982. The zero-order valence-corrected chi connectivity index (χ0v) is 18.7. The van der Waals surface area contributed by atoms with Crippen LogP contribution in [0.15, 0.2) is 67.4 Å². The third kappa shape index (κ3) is 4.21. The first-order chi connectivity index (χ1) is 16.7. The lowest BCUT2D eigenvalue weighted by atomic mass is 10.1. The maximum Gasteiger partial charge on any atom is 0.434 e. The molecule has 0 aliphatic carbocycles. The maximum absolute atomic E-state index is 14.1. The fourth-order valence-corrected chi connectivity index (χ4v) is 3.95. The first kappa shape index (κ1) is 22.5. The molecular formula is C23H15ClF3N7O. The Hall–Kier alpha value is -4.25. The first-order valence-electron chi connectivity index (χ1n) is 10.2. The van der Waals surface area contributed by atoms with Crippen molar-refractivity contribution in [3.8, 4) is 11.4 Å². The molecule has 0 spiro atoms. The molecule has 0 fully saturated rings. The van der Waals surface area contributed by atoms with Crippen LogP contribution in [0, 0.1) is 6.92 Å². The zero-order chi connectivity index (χ0) is 24.7. The maximum atomic E-state index is 14.1. The van der Waals surface area contributed by atoms with E-state index < -0.39 is 23.3 Å². The lowest BCUT2D eigenvalue weighted by Crippen LogP contribution is -2.21. The van der Waals surface area contributed by atoms with Crippen LogP contribution in [0.5, 0.6) is 0 Å². The Morgan fingerprint density at radius 3 is 2.63 bits per heavy atom. The van der Waals surface area contributed by atoms with E-state index >= 15 is 0 Å². The molecule has 3 heterocycles. The standard InChI is InChI=1S/C23H15ClF3N7O/c1-13-29-12-33(32-13)20-6-5-15(9-18(20)24)31-22(35)17-11-30-34(21(17)23(25,26)27)19-4-2-3-14-7-8-28-10-16(14)19/h2-12H,1H3,(H,31,35). The van der Waals surface area contributed by atoms with Gasteiger partial charge in [-0.1, -0.05) is 23.7 Å². The number of pyridine rings is 1. The van der Waals surface area contributed by atoms with E-state index in [1.807, 2.05) is 0 Å². The molecule has 0 aliphatic rings. The molecule has 0 saturated heterocycles. The van der Waals surface area contributed by atoms with Crippen molar-refractivity contribution in [3.05, 3.63) is 89.5 Å². The van der Waals surface area contributed by atoms with Crippen LogP contribution in [0.2, 0.25) is 5.02 Å². The molecule has 3 aromatic heterocycles. The Morgan fingerprint density at radius 1 is 1.09 bits per heavy atom. The summed E-state index contributed by atoms with van der Waals surface area (Å²) in [6, 6.07) is 11.0. The number of carbonyl (C=O) groups excluding carboxylic acids is 1. The number of nitrogens with one attached hydrogen (secondary N) is 1. The van der Waals surface area contributed by atoms with Gasteiger partial charge in [0.2, 0.25) is 0 Å². The molecular weight excluding hydrogens is 483 g/mol. The average Bonchev–Trinajstić information content (AvgIpc) is 3.45. The van der Waals surface area contributed by atoms with Crippen molar-refractivity contribution in [1.29, 1.82) is 0 Å². The number of hydrogen-bond donors (Lipinski definition) is 1. The van der Waals surface area contributed by atoms with Gasteiger partial charge in [-0.3, -0.25) is 9.78 Å². The summed E-state index contributed by atoms with van der Waals surface area (Å²) in [4.78, 5) is 20.9. The number of aryl methyl sites for hydroxylation is 1. The van der Waals surface area contributed by atoms with Crippen LogP contribution in [-0.2, 0) is 6.18 Å². The summed E-state index contributed by atoms with van der Waals surface area (Å²) in [7, 11) is 0. The topological polar surface area (TPSA) is 90.5 Å². The minimum atomic E-state index is -4.86. The van der Waals surface area contributed by atoms with Crippen molar-refractivity contribution in [2.24, 2.45) is 0 Å². The first-order valence-corrected chi connectivity index (χ1v) is 10.6. The van der Waals surface area contributed by atoms with Gasteiger partial charge in [0.25, 0.3) is 5.91 Å². The summed E-state index contributed by atoms with van der Waals surface area (Å²) in [6.07, 6.45) is 0.495. The number of halogens is 4. The molecule has 0 saturated carbocycles. The highest BCUT2D eigenvalue weighted by atomic mass is 35.5. The number of aromatic nitrogens is 6. The summed E-state index contributed by atoms with van der Waals surface area (Å²) < 4.78 is 44.6. The lowest BCUT2D eigenvalue weighted by Gasteiger charge is -2.14. The zero-order valence-electron chi connectivity index (χ0n) is 18.0. The van der Waals surface area contributed by atoms with Crippen molar-refractivity contribution in [3.63, 3.8) is 0 Å². The molecule has 12 heteroatoms. The molecule has 8 nitrogen and oxygen atoms in total. The van der Waals surface area contributed by atoms with Crippen molar-refractivity contribution < 1.29 is 18.0 Å². The van der Waals surface area contributed by atoms with Gasteiger partial charge in [0.15, 0.2) is 5.69 Å². The van der Waals surface area contributed by atoms with Crippen molar-refractivity contribution in [2.45, 2.75) is 13.1 Å². The van der Waals surface area contributed by atoms with Gasteiger partial charge in [-0.15, -0.1) is 0 Å². The number of amides is 1. The number of rotatable bonds is 4. The number of nitrogens with zero attached hydrogens (tertiary/aromatic N) is 6. The third-order valence-electron chi connectivity index (χ3n) is 5.23. The molecule has 5 rings (SSSR count).